The van der Waals surface area contributed by atoms with Gasteiger partial charge in [0, 0.05) is 19.6 Å². The summed E-state index contributed by atoms with van der Waals surface area (Å²) in [7, 11) is -3.68. The first kappa shape index (κ1) is 18.9. The summed E-state index contributed by atoms with van der Waals surface area (Å²) in [4.78, 5) is 23.7. The topological polar surface area (TPSA) is 92.8 Å². The molecular weight excluding hydrogens is 352 g/mol. The van der Waals surface area contributed by atoms with Gasteiger partial charge in [0.05, 0.1) is 0 Å². The van der Waals surface area contributed by atoms with Crippen LogP contribution in [0.5, 0.6) is 0 Å². The first-order valence-electron chi connectivity index (χ1n) is 7.98. The fourth-order valence-corrected chi connectivity index (χ4v) is 5.17. The van der Waals surface area contributed by atoms with Gasteiger partial charge >= 0.3 is 5.97 Å². The third kappa shape index (κ3) is 4.55. The molecule has 1 aromatic heterocycles. The lowest BCUT2D eigenvalue weighted by atomic mass is 10.3. The van der Waals surface area contributed by atoms with Crippen molar-refractivity contribution in [2.45, 2.75) is 37.5 Å². The quantitative estimate of drug-likeness (QED) is 0.551. The molecule has 0 aliphatic carbocycles. The Balaban J connectivity index is 1.99. The molecule has 0 spiro atoms. The number of carbonyl (C=O) groups excluding carboxylic acids is 2. The van der Waals surface area contributed by atoms with Crippen LogP contribution in [0.1, 0.15) is 42.3 Å². The summed E-state index contributed by atoms with van der Waals surface area (Å²) in [6.07, 6.45) is 3.44. The summed E-state index contributed by atoms with van der Waals surface area (Å²) < 4.78 is 31.5. The highest BCUT2D eigenvalue weighted by Gasteiger charge is 2.32. The van der Waals surface area contributed by atoms with Gasteiger partial charge in [-0.3, -0.25) is 4.79 Å². The van der Waals surface area contributed by atoms with Gasteiger partial charge in [-0.2, -0.15) is 4.31 Å². The molecule has 0 atom stereocenters. The minimum Gasteiger partial charge on any atom is -0.451 e. The van der Waals surface area contributed by atoms with E-state index in [-0.39, 0.29) is 9.77 Å². The summed E-state index contributed by atoms with van der Waals surface area (Å²) in [5, 5.41) is 4.18. The predicted molar refractivity (Wildman–Crippen MR) is 90.5 cm³/mol. The second-order valence-electron chi connectivity index (χ2n) is 5.50. The van der Waals surface area contributed by atoms with E-state index in [9.17, 15) is 18.0 Å². The lowest BCUT2D eigenvalue weighted by molar-refractivity contribution is -0.124. The third-order valence-electron chi connectivity index (χ3n) is 3.68. The average Bonchev–Trinajstić information content (AvgIpc) is 3.24. The summed E-state index contributed by atoms with van der Waals surface area (Å²) in [6.45, 7) is 3.05. The van der Waals surface area contributed by atoms with E-state index in [0.29, 0.717) is 19.6 Å². The largest absolute Gasteiger partial charge is 0.451 e. The van der Waals surface area contributed by atoms with Gasteiger partial charge in [-0.25, -0.2) is 13.2 Å². The van der Waals surface area contributed by atoms with Crippen molar-refractivity contribution in [1.82, 2.24) is 9.62 Å². The zero-order valence-electron chi connectivity index (χ0n) is 13.6. The molecule has 134 valence electrons. The number of hydrogen-bond acceptors (Lipinski definition) is 6. The highest BCUT2D eigenvalue weighted by atomic mass is 32.2. The molecule has 0 aromatic carbocycles. The molecule has 1 aromatic rings. The standard InChI is InChI=1S/C15H22N2O5S2/c1-2-3-7-16-13(18)11-22-15(19)14-12(6-10-23-14)24(20,21)17-8-4-5-9-17/h6,10H,2-5,7-9,11H2,1H3,(H,16,18). The van der Waals surface area contributed by atoms with Gasteiger partial charge in [-0.1, -0.05) is 13.3 Å². The van der Waals surface area contributed by atoms with Crippen molar-refractivity contribution < 1.29 is 22.7 Å². The number of nitrogens with zero attached hydrogens (tertiary/aromatic N) is 1. The Hall–Kier alpha value is -1.45. The molecule has 1 N–H and O–H groups in total. The van der Waals surface area contributed by atoms with Crippen molar-refractivity contribution in [2.24, 2.45) is 0 Å². The number of hydrogen-bond donors (Lipinski definition) is 1. The van der Waals surface area contributed by atoms with Gasteiger partial charge in [0.1, 0.15) is 9.77 Å². The Kier molecular flexibility index (Phi) is 6.76. The van der Waals surface area contributed by atoms with E-state index in [1.54, 1.807) is 5.38 Å². The molecular formula is C15H22N2O5S2. The molecule has 1 saturated heterocycles. The zero-order valence-corrected chi connectivity index (χ0v) is 15.2. The van der Waals surface area contributed by atoms with Gasteiger partial charge in [-0.15, -0.1) is 11.3 Å². The van der Waals surface area contributed by atoms with Crippen molar-refractivity contribution in [3.8, 4) is 0 Å². The summed E-state index contributed by atoms with van der Waals surface area (Å²) >= 11 is 1.00. The molecule has 0 unspecified atom stereocenters. The van der Waals surface area contributed by atoms with Gasteiger partial charge in [0.15, 0.2) is 6.61 Å². The van der Waals surface area contributed by atoms with Crippen molar-refractivity contribution in [2.75, 3.05) is 26.2 Å². The molecule has 1 fully saturated rings. The minimum absolute atomic E-state index is 0.0169. The van der Waals surface area contributed by atoms with Crippen LogP contribution >= 0.6 is 11.3 Å². The third-order valence-corrected chi connectivity index (χ3v) is 6.65. The van der Waals surface area contributed by atoms with Crippen LogP contribution in [0.25, 0.3) is 0 Å². The molecule has 9 heteroatoms. The van der Waals surface area contributed by atoms with E-state index in [2.05, 4.69) is 5.32 Å². The number of unbranched alkanes of at least 4 members (excludes halogenated alkanes) is 1. The molecule has 1 amide bonds. The van der Waals surface area contributed by atoms with Crippen molar-refractivity contribution in [1.29, 1.82) is 0 Å². The summed E-state index contributed by atoms with van der Waals surface area (Å²) in [5.74, 6) is -1.18. The maximum Gasteiger partial charge on any atom is 0.350 e. The molecule has 0 bridgehead atoms. The maximum atomic E-state index is 12.6. The number of rotatable bonds is 8. The van der Waals surface area contributed by atoms with Gasteiger partial charge in [0.25, 0.3) is 5.91 Å². The molecule has 2 heterocycles. The Morgan fingerprint density at radius 1 is 1.33 bits per heavy atom. The first-order valence-corrected chi connectivity index (χ1v) is 10.3. The smallest absolute Gasteiger partial charge is 0.350 e. The average molecular weight is 374 g/mol. The molecule has 2 rings (SSSR count). The van der Waals surface area contributed by atoms with Crippen LogP contribution in [0.3, 0.4) is 0 Å². The van der Waals surface area contributed by atoms with Crippen LogP contribution in [-0.2, 0) is 19.6 Å². The number of nitrogens with one attached hydrogen (secondary N) is 1. The van der Waals surface area contributed by atoms with E-state index in [4.69, 9.17) is 4.74 Å². The van der Waals surface area contributed by atoms with E-state index < -0.39 is 28.5 Å². The van der Waals surface area contributed by atoms with Crippen LogP contribution < -0.4 is 5.32 Å². The minimum atomic E-state index is -3.68. The van der Waals surface area contributed by atoms with E-state index in [1.807, 2.05) is 6.92 Å². The highest BCUT2D eigenvalue weighted by Crippen LogP contribution is 2.28. The number of carbonyl (C=O) groups is 2. The monoisotopic (exact) mass is 374 g/mol. The van der Waals surface area contributed by atoms with Gasteiger partial charge in [-0.05, 0) is 30.7 Å². The van der Waals surface area contributed by atoms with Crippen LogP contribution in [0, 0.1) is 0 Å². The summed E-state index contributed by atoms with van der Waals surface area (Å²) in [5.41, 5.74) is 0. The second-order valence-corrected chi connectivity index (χ2v) is 8.33. The Bertz CT molecular complexity index is 678. The predicted octanol–water partition coefficient (Wildman–Crippen LogP) is 1.61. The Morgan fingerprint density at radius 2 is 2.04 bits per heavy atom. The Labute approximate surface area is 146 Å². The van der Waals surface area contributed by atoms with Crippen molar-refractivity contribution in [3.63, 3.8) is 0 Å². The van der Waals surface area contributed by atoms with Crippen LogP contribution in [-0.4, -0.2) is 50.8 Å². The van der Waals surface area contributed by atoms with E-state index in [1.165, 1.54) is 10.4 Å². The molecule has 0 saturated carbocycles. The number of sulfonamides is 1. The Morgan fingerprint density at radius 3 is 2.71 bits per heavy atom. The van der Waals surface area contributed by atoms with Crippen molar-refractivity contribution >= 4 is 33.2 Å². The second kappa shape index (κ2) is 8.59. The van der Waals surface area contributed by atoms with Crippen LogP contribution in [0.4, 0.5) is 0 Å². The van der Waals surface area contributed by atoms with Crippen LogP contribution in [0.2, 0.25) is 0 Å². The maximum absolute atomic E-state index is 12.6. The lowest BCUT2D eigenvalue weighted by Gasteiger charge is -2.15. The number of thiophene rings is 1. The number of amides is 1. The molecule has 1 aliphatic rings. The number of ether oxygens (including phenoxy) is 1. The lowest BCUT2D eigenvalue weighted by Crippen LogP contribution is -2.30. The fraction of sp³-hybridized carbons (Fsp3) is 0.600. The molecule has 1 aliphatic heterocycles. The zero-order chi connectivity index (χ0) is 17.6. The normalized spacial score (nSPS) is 15.4. The molecule has 0 radical (unpaired) electrons. The van der Waals surface area contributed by atoms with E-state index >= 15 is 0 Å². The SMILES string of the molecule is CCCCNC(=O)COC(=O)c1sccc1S(=O)(=O)N1CCCC1. The first-order chi connectivity index (χ1) is 11.5. The van der Waals surface area contributed by atoms with Gasteiger partial charge in [0.2, 0.25) is 10.0 Å². The number of esters is 1. The van der Waals surface area contributed by atoms with E-state index in [0.717, 1.165) is 37.0 Å². The van der Waals surface area contributed by atoms with Crippen LogP contribution in [0.15, 0.2) is 16.3 Å². The summed E-state index contributed by atoms with van der Waals surface area (Å²) in [6, 6.07) is 1.41. The molecule has 7 nitrogen and oxygen atoms in total. The van der Waals surface area contributed by atoms with Gasteiger partial charge < -0.3 is 10.1 Å². The highest BCUT2D eigenvalue weighted by molar-refractivity contribution is 7.89. The fourth-order valence-electron chi connectivity index (χ4n) is 2.37. The molecule has 24 heavy (non-hydrogen) atoms. The van der Waals surface area contributed by atoms with Crippen molar-refractivity contribution in [3.05, 3.63) is 16.3 Å².